The van der Waals surface area contributed by atoms with Crippen LogP contribution < -0.4 is 4.74 Å². The number of epoxide rings is 1. The Bertz CT molecular complexity index is 728. The van der Waals surface area contributed by atoms with Crippen molar-refractivity contribution in [3.8, 4) is 5.75 Å². The Morgan fingerprint density at radius 1 is 1.24 bits per heavy atom. The highest BCUT2D eigenvalue weighted by Gasteiger charge is 2.71. The van der Waals surface area contributed by atoms with Crippen LogP contribution in [0.2, 0.25) is 0 Å². The summed E-state index contributed by atoms with van der Waals surface area (Å²) in [6, 6.07) is 8.62. The topological polar surface area (TPSA) is 83.6 Å². The maximum Gasteiger partial charge on any atom is 0.516 e. The first-order chi connectivity index (χ1) is 12.0. The van der Waals surface area contributed by atoms with Crippen LogP contribution in [-0.4, -0.2) is 37.2 Å². The van der Waals surface area contributed by atoms with Crippen LogP contribution in [0.4, 0.5) is 4.79 Å². The third-order valence-corrected chi connectivity index (χ3v) is 5.14. The normalized spacial score (nSPS) is 34.7. The van der Waals surface area contributed by atoms with E-state index in [1.54, 1.807) is 24.3 Å². The van der Waals surface area contributed by atoms with Gasteiger partial charge < -0.3 is 23.7 Å². The van der Waals surface area contributed by atoms with Crippen LogP contribution in [0.1, 0.15) is 13.3 Å². The fourth-order valence-electron chi connectivity index (χ4n) is 3.84. The highest BCUT2D eigenvalue weighted by atomic mass is 16.8. The largest absolute Gasteiger partial charge is 0.516 e. The molecule has 1 aromatic rings. The lowest BCUT2D eigenvalue weighted by Crippen LogP contribution is -2.43. The Morgan fingerprint density at radius 3 is 2.72 bits per heavy atom. The van der Waals surface area contributed by atoms with Crippen LogP contribution in [0, 0.1) is 11.8 Å². The number of carbonyl (C=O) groups excluding carboxylic acids is 2. The summed E-state index contributed by atoms with van der Waals surface area (Å²) in [5.74, 6) is -0.492. The van der Waals surface area contributed by atoms with Crippen molar-refractivity contribution in [3.05, 3.63) is 42.2 Å². The number of methoxy groups -OCH3 is 1. The number of hydrogen-bond donors (Lipinski definition) is 0. The van der Waals surface area contributed by atoms with Gasteiger partial charge in [0.15, 0.2) is 0 Å². The Morgan fingerprint density at radius 2 is 2.00 bits per heavy atom. The molecule has 0 N–H and O–H groups in total. The third kappa shape index (κ3) is 2.64. The van der Waals surface area contributed by atoms with E-state index in [1.165, 1.54) is 13.4 Å². The van der Waals surface area contributed by atoms with E-state index in [0.29, 0.717) is 17.7 Å². The van der Waals surface area contributed by atoms with E-state index in [4.69, 9.17) is 23.7 Å². The standard InChI is InChI=1S/C18H18O7/c1-18-13(25-18)8-11-12(15(19)21-2)9-22-16(14(11)18)24-17(20)23-10-6-4-3-5-7-10/h3-7,9,11,13-14,16H,8H2,1-2H3. The molecule has 25 heavy (non-hydrogen) atoms. The second kappa shape index (κ2) is 5.77. The molecule has 0 radical (unpaired) electrons. The van der Waals surface area contributed by atoms with Crippen LogP contribution >= 0.6 is 0 Å². The van der Waals surface area contributed by atoms with E-state index in [0.717, 1.165) is 0 Å². The number of esters is 1. The van der Waals surface area contributed by atoms with Crippen LogP contribution in [0.5, 0.6) is 5.75 Å². The van der Waals surface area contributed by atoms with Crippen molar-refractivity contribution >= 4 is 12.1 Å². The van der Waals surface area contributed by atoms with Crippen LogP contribution in [0.3, 0.4) is 0 Å². The third-order valence-electron chi connectivity index (χ3n) is 5.14. The number of para-hydroxylation sites is 1. The lowest BCUT2D eigenvalue weighted by atomic mass is 9.82. The smallest absolute Gasteiger partial charge is 0.466 e. The summed E-state index contributed by atoms with van der Waals surface area (Å²) < 4.78 is 26.6. The summed E-state index contributed by atoms with van der Waals surface area (Å²) in [5.41, 5.74) is -0.0311. The van der Waals surface area contributed by atoms with Gasteiger partial charge in [0.05, 0.1) is 31.0 Å². The summed E-state index contributed by atoms with van der Waals surface area (Å²) in [6.45, 7) is 1.94. The minimum absolute atomic E-state index is 0.0218. The van der Waals surface area contributed by atoms with Crippen LogP contribution in [-0.2, 0) is 23.7 Å². The highest BCUT2D eigenvalue weighted by Crippen LogP contribution is 2.61. The maximum atomic E-state index is 12.1. The molecule has 7 heteroatoms. The zero-order chi connectivity index (χ0) is 17.6. The van der Waals surface area contributed by atoms with Crippen LogP contribution in [0.25, 0.3) is 0 Å². The van der Waals surface area contributed by atoms with Gasteiger partial charge in [0, 0.05) is 5.92 Å². The molecule has 1 saturated carbocycles. The van der Waals surface area contributed by atoms with Gasteiger partial charge in [-0.1, -0.05) is 18.2 Å². The summed E-state index contributed by atoms with van der Waals surface area (Å²) in [6.07, 6.45) is 0.263. The lowest BCUT2D eigenvalue weighted by Gasteiger charge is -2.35. The van der Waals surface area contributed by atoms with Crippen LogP contribution in [0.15, 0.2) is 42.2 Å². The summed E-state index contributed by atoms with van der Waals surface area (Å²) >= 11 is 0. The average molecular weight is 346 g/mol. The molecule has 2 heterocycles. The monoisotopic (exact) mass is 346 g/mol. The van der Waals surface area contributed by atoms with E-state index in [1.807, 2.05) is 13.0 Å². The molecule has 1 saturated heterocycles. The number of carbonyl (C=O) groups is 2. The van der Waals surface area contributed by atoms with Gasteiger partial charge in [0.1, 0.15) is 11.4 Å². The summed E-state index contributed by atoms with van der Waals surface area (Å²) in [4.78, 5) is 24.0. The molecular formula is C18H18O7. The number of fused-ring (bicyclic) bond motifs is 3. The quantitative estimate of drug-likeness (QED) is 0.472. The van der Waals surface area contributed by atoms with Crippen molar-refractivity contribution < 1.29 is 33.3 Å². The fraction of sp³-hybridized carbons (Fsp3) is 0.444. The first kappa shape index (κ1) is 16.0. The molecule has 2 fully saturated rings. The van der Waals surface area contributed by atoms with E-state index >= 15 is 0 Å². The molecule has 5 atom stereocenters. The molecule has 0 bridgehead atoms. The Kier molecular flexibility index (Phi) is 3.68. The zero-order valence-electron chi connectivity index (χ0n) is 13.8. The predicted octanol–water partition coefficient (Wildman–Crippen LogP) is 2.41. The number of hydrogen-bond acceptors (Lipinski definition) is 7. The van der Waals surface area contributed by atoms with E-state index in [9.17, 15) is 9.59 Å². The van der Waals surface area contributed by atoms with Crippen molar-refractivity contribution in [2.45, 2.75) is 31.3 Å². The molecule has 0 amide bonds. The van der Waals surface area contributed by atoms with Gasteiger partial charge in [0.2, 0.25) is 0 Å². The molecule has 2 aliphatic heterocycles. The first-order valence-corrected chi connectivity index (χ1v) is 8.08. The van der Waals surface area contributed by atoms with Crippen molar-refractivity contribution in [1.29, 1.82) is 0 Å². The van der Waals surface area contributed by atoms with E-state index in [2.05, 4.69) is 0 Å². The molecule has 7 nitrogen and oxygen atoms in total. The minimum atomic E-state index is -0.882. The van der Waals surface area contributed by atoms with Gasteiger partial charge >= 0.3 is 12.1 Å². The number of rotatable bonds is 3. The molecule has 4 rings (SSSR count). The van der Waals surface area contributed by atoms with Crippen molar-refractivity contribution in [2.75, 3.05) is 7.11 Å². The molecule has 1 aliphatic carbocycles. The van der Waals surface area contributed by atoms with Crippen molar-refractivity contribution in [1.82, 2.24) is 0 Å². The molecule has 1 aromatic carbocycles. The summed E-state index contributed by atoms with van der Waals surface area (Å²) in [7, 11) is 1.33. The first-order valence-electron chi connectivity index (χ1n) is 8.08. The Balaban J connectivity index is 1.51. The van der Waals surface area contributed by atoms with Gasteiger partial charge in [-0.05, 0) is 25.5 Å². The number of benzene rings is 1. The van der Waals surface area contributed by atoms with Gasteiger partial charge in [-0.15, -0.1) is 0 Å². The fourth-order valence-corrected chi connectivity index (χ4v) is 3.84. The van der Waals surface area contributed by atoms with E-state index in [-0.39, 0.29) is 17.9 Å². The zero-order valence-corrected chi connectivity index (χ0v) is 13.8. The lowest BCUT2D eigenvalue weighted by molar-refractivity contribution is -0.154. The molecule has 3 aliphatic rings. The molecule has 0 spiro atoms. The van der Waals surface area contributed by atoms with Gasteiger partial charge in [-0.2, -0.15) is 0 Å². The predicted molar refractivity (Wildman–Crippen MR) is 83.4 cm³/mol. The van der Waals surface area contributed by atoms with E-state index < -0.39 is 24.0 Å². The number of ether oxygens (including phenoxy) is 5. The molecule has 0 aromatic heterocycles. The SMILES string of the molecule is COC(=O)C1=COC(OC(=O)Oc2ccccc2)C2C1CC1OC12C. The van der Waals surface area contributed by atoms with Gasteiger partial charge in [-0.25, -0.2) is 9.59 Å². The Labute approximate surface area is 144 Å². The summed E-state index contributed by atoms with van der Waals surface area (Å²) in [5, 5.41) is 0. The Hall–Kier alpha value is -2.54. The van der Waals surface area contributed by atoms with Gasteiger partial charge in [0.25, 0.3) is 6.29 Å². The molecule has 5 unspecified atom stereocenters. The maximum absolute atomic E-state index is 12.1. The molecular weight excluding hydrogens is 328 g/mol. The van der Waals surface area contributed by atoms with Crippen molar-refractivity contribution in [3.63, 3.8) is 0 Å². The second-order valence-electron chi connectivity index (χ2n) is 6.51. The average Bonchev–Trinajstić information content (AvgIpc) is 3.16. The molecule has 132 valence electrons. The highest BCUT2D eigenvalue weighted by molar-refractivity contribution is 5.89. The minimum Gasteiger partial charge on any atom is -0.466 e. The van der Waals surface area contributed by atoms with Crippen molar-refractivity contribution in [2.24, 2.45) is 11.8 Å². The second-order valence-corrected chi connectivity index (χ2v) is 6.51. The van der Waals surface area contributed by atoms with Gasteiger partial charge in [-0.3, -0.25) is 0 Å².